The van der Waals surface area contributed by atoms with Gasteiger partial charge in [0.15, 0.2) is 0 Å². The Morgan fingerprint density at radius 1 is 1.53 bits per heavy atom. The van der Waals surface area contributed by atoms with E-state index in [2.05, 4.69) is 11.4 Å². The van der Waals surface area contributed by atoms with Crippen LogP contribution in [0.25, 0.3) is 0 Å². The number of nitrogens with zero attached hydrogens (tertiary/aromatic N) is 1. The van der Waals surface area contributed by atoms with Crippen LogP contribution >= 0.6 is 0 Å². The van der Waals surface area contributed by atoms with E-state index in [0.29, 0.717) is 13.0 Å². The average molecular weight is 210 g/mol. The molecular formula is C11H18N2O2. The van der Waals surface area contributed by atoms with Gasteiger partial charge in [0.1, 0.15) is 5.60 Å². The number of rotatable bonds is 1. The Kier molecular flexibility index (Phi) is 3.70. The third kappa shape index (κ3) is 3.88. The molecule has 0 aromatic heterocycles. The Morgan fingerprint density at radius 3 is 2.73 bits per heavy atom. The predicted molar refractivity (Wildman–Crippen MR) is 56.0 cm³/mol. The van der Waals surface area contributed by atoms with Gasteiger partial charge in [-0.15, -0.1) is 0 Å². The molecule has 4 nitrogen and oxygen atoms in total. The summed E-state index contributed by atoms with van der Waals surface area (Å²) in [4.78, 5) is 11.7. The van der Waals surface area contributed by atoms with Crippen molar-refractivity contribution in [3.63, 3.8) is 0 Å². The van der Waals surface area contributed by atoms with E-state index in [1.54, 1.807) is 0 Å². The quantitative estimate of drug-likeness (QED) is 0.661. The van der Waals surface area contributed by atoms with Crippen molar-refractivity contribution < 1.29 is 9.53 Å². The number of piperidine rings is 1. The second kappa shape index (κ2) is 4.63. The number of hydrogen-bond acceptors (Lipinski definition) is 4. The average Bonchev–Trinajstić information content (AvgIpc) is 2.15. The van der Waals surface area contributed by atoms with E-state index in [1.165, 1.54) is 0 Å². The van der Waals surface area contributed by atoms with Gasteiger partial charge in [0.05, 0.1) is 18.0 Å². The van der Waals surface area contributed by atoms with Crippen molar-refractivity contribution in [1.29, 1.82) is 5.26 Å². The summed E-state index contributed by atoms with van der Waals surface area (Å²) >= 11 is 0. The summed E-state index contributed by atoms with van der Waals surface area (Å²) in [6, 6.07) is 1.92. The maximum atomic E-state index is 11.7. The molecule has 0 radical (unpaired) electrons. The molecule has 84 valence electrons. The smallest absolute Gasteiger partial charge is 0.309 e. The number of carbonyl (C=O) groups excluding carboxylic acids is 1. The summed E-state index contributed by atoms with van der Waals surface area (Å²) in [5.41, 5.74) is -0.440. The van der Waals surface area contributed by atoms with Crippen LogP contribution in [-0.2, 0) is 9.53 Å². The van der Waals surface area contributed by atoms with Crippen LogP contribution in [0.3, 0.4) is 0 Å². The van der Waals surface area contributed by atoms with Crippen LogP contribution < -0.4 is 5.32 Å². The molecule has 1 saturated heterocycles. The van der Waals surface area contributed by atoms with E-state index in [-0.39, 0.29) is 17.9 Å². The number of nitriles is 1. The van der Waals surface area contributed by atoms with Crippen LogP contribution in [-0.4, -0.2) is 24.2 Å². The molecule has 1 aliphatic rings. The maximum Gasteiger partial charge on any atom is 0.309 e. The van der Waals surface area contributed by atoms with Crippen molar-refractivity contribution in [1.82, 2.24) is 5.32 Å². The molecule has 0 aromatic rings. The van der Waals surface area contributed by atoms with Gasteiger partial charge in [-0.05, 0) is 40.2 Å². The molecule has 1 rings (SSSR count). The van der Waals surface area contributed by atoms with E-state index >= 15 is 0 Å². The lowest BCUT2D eigenvalue weighted by atomic mass is 9.93. The van der Waals surface area contributed by atoms with Crippen molar-refractivity contribution in [2.75, 3.05) is 6.54 Å². The first-order chi connectivity index (χ1) is 6.92. The first kappa shape index (κ1) is 12.0. The van der Waals surface area contributed by atoms with Crippen LogP contribution in [0.1, 0.15) is 33.6 Å². The van der Waals surface area contributed by atoms with Gasteiger partial charge in [0.2, 0.25) is 0 Å². The highest BCUT2D eigenvalue weighted by atomic mass is 16.6. The molecule has 1 heterocycles. The van der Waals surface area contributed by atoms with Gasteiger partial charge in [-0.25, -0.2) is 0 Å². The highest BCUT2D eigenvalue weighted by Gasteiger charge is 2.30. The molecule has 15 heavy (non-hydrogen) atoms. The Bertz CT molecular complexity index is 275. The van der Waals surface area contributed by atoms with E-state index in [1.807, 2.05) is 20.8 Å². The van der Waals surface area contributed by atoms with Gasteiger partial charge >= 0.3 is 5.97 Å². The molecule has 2 atom stereocenters. The lowest BCUT2D eigenvalue weighted by Crippen LogP contribution is -2.41. The monoisotopic (exact) mass is 210 g/mol. The lowest BCUT2D eigenvalue weighted by molar-refractivity contribution is -0.161. The van der Waals surface area contributed by atoms with Gasteiger partial charge in [-0.3, -0.25) is 4.79 Å². The minimum absolute atomic E-state index is 0.130. The predicted octanol–water partition coefficient (Wildman–Crippen LogP) is 1.22. The fourth-order valence-electron chi connectivity index (χ4n) is 1.62. The molecule has 1 N–H and O–H groups in total. The SMILES string of the molecule is CC(C)(C)OC(=O)C1CCNC(C#N)C1. The molecule has 1 aliphatic heterocycles. The van der Waals surface area contributed by atoms with Crippen LogP contribution in [0.2, 0.25) is 0 Å². The molecule has 0 amide bonds. The number of carbonyl (C=O) groups is 1. The van der Waals surface area contributed by atoms with Gasteiger partial charge in [0.25, 0.3) is 0 Å². The second-order valence-electron chi connectivity index (χ2n) is 4.89. The summed E-state index contributed by atoms with van der Waals surface area (Å²) in [5.74, 6) is -0.306. The number of nitrogens with one attached hydrogen (secondary N) is 1. The Hall–Kier alpha value is -1.08. The molecule has 1 fully saturated rings. The third-order valence-electron chi connectivity index (χ3n) is 2.30. The van der Waals surface area contributed by atoms with Gasteiger partial charge in [0, 0.05) is 0 Å². The van der Waals surface area contributed by atoms with Crippen LogP contribution in [0.4, 0.5) is 0 Å². The van der Waals surface area contributed by atoms with Crippen molar-refractivity contribution in [3.05, 3.63) is 0 Å². The number of esters is 1. The van der Waals surface area contributed by atoms with E-state index < -0.39 is 5.60 Å². The number of hydrogen-bond donors (Lipinski definition) is 1. The largest absolute Gasteiger partial charge is 0.460 e. The molecular weight excluding hydrogens is 192 g/mol. The van der Waals surface area contributed by atoms with E-state index in [4.69, 9.17) is 10.00 Å². The zero-order chi connectivity index (χ0) is 11.5. The van der Waals surface area contributed by atoms with Gasteiger partial charge < -0.3 is 10.1 Å². The fraction of sp³-hybridized carbons (Fsp3) is 0.818. The summed E-state index contributed by atoms with van der Waals surface area (Å²) in [6.07, 6.45) is 1.32. The second-order valence-corrected chi connectivity index (χ2v) is 4.89. The molecule has 0 aromatic carbocycles. The van der Waals surface area contributed by atoms with Crippen LogP contribution in [0.5, 0.6) is 0 Å². The lowest BCUT2D eigenvalue weighted by Gasteiger charge is -2.28. The molecule has 0 aliphatic carbocycles. The first-order valence-corrected chi connectivity index (χ1v) is 5.28. The van der Waals surface area contributed by atoms with Crippen LogP contribution in [0, 0.1) is 17.2 Å². The van der Waals surface area contributed by atoms with Gasteiger partial charge in [-0.1, -0.05) is 0 Å². The molecule has 4 heteroatoms. The molecule has 2 unspecified atom stereocenters. The Morgan fingerprint density at radius 2 is 2.20 bits per heavy atom. The standard InChI is InChI=1S/C11H18N2O2/c1-11(2,3)15-10(14)8-4-5-13-9(6-8)7-12/h8-9,13H,4-6H2,1-3H3. The first-order valence-electron chi connectivity index (χ1n) is 5.28. The Balaban J connectivity index is 2.50. The maximum absolute atomic E-state index is 11.7. The summed E-state index contributed by atoms with van der Waals surface area (Å²) < 4.78 is 5.29. The third-order valence-corrected chi connectivity index (χ3v) is 2.30. The van der Waals surface area contributed by atoms with E-state index in [9.17, 15) is 4.79 Å². The number of ether oxygens (including phenoxy) is 1. The highest BCUT2D eigenvalue weighted by molar-refractivity contribution is 5.73. The van der Waals surface area contributed by atoms with Crippen molar-refractivity contribution >= 4 is 5.97 Å². The van der Waals surface area contributed by atoms with E-state index in [0.717, 1.165) is 6.42 Å². The molecule has 0 spiro atoms. The highest BCUT2D eigenvalue weighted by Crippen LogP contribution is 2.20. The summed E-state index contributed by atoms with van der Waals surface area (Å²) in [5, 5.41) is 11.8. The van der Waals surface area contributed by atoms with Crippen molar-refractivity contribution in [3.8, 4) is 6.07 Å². The zero-order valence-corrected chi connectivity index (χ0v) is 9.54. The fourth-order valence-corrected chi connectivity index (χ4v) is 1.62. The van der Waals surface area contributed by atoms with Crippen molar-refractivity contribution in [2.45, 2.75) is 45.3 Å². The minimum Gasteiger partial charge on any atom is -0.460 e. The summed E-state index contributed by atoms with van der Waals surface area (Å²) in [6.45, 7) is 6.28. The zero-order valence-electron chi connectivity index (χ0n) is 9.54. The molecule has 0 saturated carbocycles. The Labute approximate surface area is 90.6 Å². The normalized spacial score (nSPS) is 26.8. The van der Waals surface area contributed by atoms with Crippen LogP contribution in [0.15, 0.2) is 0 Å². The topological polar surface area (TPSA) is 62.1 Å². The summed E-state index contributed by atoms with van der Waals surface area (Å²) in [7, 11) is 0. The molecule has 0 bridgehead atoms. The van der Waals surface area contributed by atoms with Gasteiger partial charge in [-0.2, -0.15) is 5.26 Å². The minimum atomic E-state index is -0.440. The van der Waals surface area contributed by atoms with Crippen molar-refractivity contribution in [2.24, 2.45) is 5.92 Å².